The van der Waals surface area contributed by atoms with E-state index in [4.69, 9.17) is 47.4 Å². The first-order valence-electron chi connectivity index (χ1n) is 14.0. The third kappa shape index (κ3) is 5.24. The first-order valence-corrected chi connectivity index (χ1v) is 14.8. The Morgan fingerprint density at radius 2 is 1.49 bits per heavy atom. The number of aromatic nitrogens is 2. The van der Waals surface area contributed by atoms with Crippen LogP contribution in [-0.2, 0) is 0 Å². The number of methoxy groups -OCH3 is 2. The van der Waals surface area contributed by atoms with Crippen LogP contribution in [0, 0.1) is 6.92 Å². The van der Waals surface area contributed by atoms with Gasteiger partial charge in [-0.3, -0.25) is 0 Å². The van der Waals surface area contributed by atoms with Crippen LogP contribution in [-0.4, -0.2) is 30.8 Å². The van der Waals surface area contributed by atoms with Crippen molar-refractivity contribution in [2.45, 2.75) is 19.8 Å². The van der Waals surface area contributed by atoms with E-state index in [1.54, 1.807) is 14.2 Å². The van der Waals surface area contributed by atoms with E-state index in [1.807, 2.05) is 86.6 Å². The Labute approximate surface area is 261 Å². The van der Waals surface area contributed by atoms with Crippen LogP contribution in [0.3, 0.4) is 0 Å². The monoisotopic (exact) mass is 608 g/mol. The Morgan fingerprint density at radius 1 is 0.744 bits per heavy atom. The first kappa shape index (κ1) is 28.8. The molecule has 7 heteroatoms. The van der Waals surface area contributed by atoms with Gasteiger partial charge in [-0.05, 0) is 60.9 Å². The number of ether oxygens (including phenoxy) is 3. The van der Waals surface area contributed by atoms with Crippen LogP contribution in [0.5, 0.6) is 17.4 Å². The molecule has 2 heterocycles. The number of nitrogens with zero attached hydrogens (tertiary/aromatic N) is 2. The SMILES string of the molecule is CCOc1cc(C(c2ccccc2)c2c(OC)nc(-c3cccc4nc5ccccc5cc34)c(Cl)c2Cl)c(C)cc1OC. The lowest BCUT2D eigenvalue weighted by molar-refractivity contribution is 0.310. The van der Waals surface area contributed by atoms with Gasteiger partial charge >= 0.3 is 0 Å². The highest BCUT2D eigenvalue weighted by Gasteiger charge is 2.30. The molecule has 0 aliphatic carbocycles. The van der Waals surface area contributed by atoms with Gasteiger partial charge in [0.05, 0.1) is 47.6 Å². The lowest BCUT2D eigenvalue weighted by Gasteiger charge is -2.26. The molecule has 0 radical (unpaired) electrons. The first-order chi connectivity index (χ1) is 20.9. The van der Waals surface area contributed by atoms with Gasteiger partial charge < -0.3 is 14.2 Å². The summed E-state index contributed by atoms with van der Waals surface area (Å²) in [7, 11) is 3.24. The number of halogens is 2. The fourth-order valence-corrected chi connectivity index (χ4v) is 6.21. The van der Waals surface area contributed by atoms with Crippen LogP contribution >= 0.6 is 23.2 Å². The van der Waals surface area contributed by atoms with E-state index in [9.17, 15) is 0 Å². The van der Waals surface area contributed by atoms with E-state index >= 15 is 0 Å². The van der Waals surface area contributed by atoms with Crippen molar-refractivity contribution in [3.8, 4) is 28.6 Å². The van der Waals surface area contributed by atoms with Gasteiger partial charge in [-0.15, -0.1) is 0 Å². The summed E-state index contributed by atoms with van der Waals surface area (Å²) in [6, 6.07) is 30.2. The van der Waals surface area contributed by atoms with Gasteiger partial charge in [-0.2, -0.15) is 0 Å². The summed E-state index contributed by atoms with van der Waals surface area (Å²) in [5, 5.41) is 2.66. The molecule has 0 amide bonds. The Hall–Kier alpha value is -4.32. The largest absolute Gasteiger partial charge is 0.493 e. The summed E-state index contributed by atoms with van der Waals surface area (Å²) in [5.41, 5.74) is 6.76. The number of aryl methyl sites for hydroxylation is 1. The zero-order valence-corrected chi connectivity index (χ0v) is 25.8. The van der Waals surface area contributed by atoms with E-state index < -0.39 is 0 Å². The smallest absolute Gasteiger partial charge is 0.219 e. The van der Waals surface area contributed by atoms with E-state index in [1.165, 1.54) is 0 Å². The minimum atomic E-state index is -0.356. The molecule has 43 heavy (non-hydrogen) atoms. The van der Waals surface area contributed by atoms with E-state index in [0.29, 0.717) is 45.3 Å². The molecule has 4 aromatic carbocycles. The summed E-state index contributed by atoms with van der Waals surface area (Å²) < 4.78 is 17.6. The number of para-hydroxylation sites is 1. The Balaban J connectivity index is 1.61. The summed E-state index contributed by atoms with van der Waals surface area (Å²) in [4.78, 5) is 9.90. The molecule has 2 aromatic heterocycles. The summed E-state index contributed by atoms with van der Waals surface area (Å²) in [6.07, 6.45) is 0. The maximum Gasteiger partial charge on any atom is 0.219 e. The molecule has 0 N–H and O–H groups in total. The molecule has 0 bridgehead atoms. The standard InChI is InChI=1S/C36H30Cl2N2O3/c1-5-43-30-20-25(21(2)18-29(30)41-3)31(22-12-7-6-8-13-22)32-33(37)34(38)35(40-36(32)42-4)24-15-11-17-28-26(24)19-23-14-9-10-16-27(23)39-28/h6-20,31H,5H2,1-4H3. The second-order valence-electron chi connectivity index (χ2n) is 10.2. The van der Waals surface area contributed by atoms with E-state index in [2.05, 4.69) is 18.2 Å². The van der Waals surface area contributed by atoms with Gasteiger partial charge in [0.1, 0.15) is 0 Å². The molecule has 6 aromatic rings. The Morgan fingerprint density at radius 3 is 2.23 bits per heavy atom. The second kappa shape index (κ2) is 12.1. The van der Waals surface area contributed by atoms with Crippen molar-refractivity contribution in [1.82, 2.24) is 9.97 Å². The third-order valence-electron chi connectivity index (χ3n) is 7.67. The number of pyridine rings is 2. The lowest BCUT2D eigenvalue weighted by Crippen LogP contribution is -2.11. The van der Waals surface area contributed by atoms with Crippen molar-refractivity contribution in [2.24, 2.45) is 0 Å². The molecule has 0 saturated carbocycles. The normalized spacial score (nSPS) is 12.0. The molecule has 1 unspecified atom stereocenters. The molecule has 5 nitrogen and oxygen atoms in total. The zero-order chi connectivity index (χ0) is 30.1. The predicted molar refractivity (Wildman–Crippen MR) is 175 cm³/mol. The van der Waals surface area contributed by atoms with E-state index in [-0.39, 0.29) is 5.92 Å². The molecular weight excluding hydrogens is 579 g/mol. The van der Waals surface area contributed by atoms with E-state index in [0.717, 1.165) is 44.1 Å². The summed E-state index contributed by atoms with van der Waals surface area (Å²) in [5.74, 6) is 1.34. The van der Waals surface area contributed by atoms with Crippen molar-refractivity contribution < 1.29 is 14.2 Å². The third-order valence-corrected chi connectivity index (χ3v) is 8.53. The number of rotatable bonds is 8. The summed E-state index contributed by atoms with van der Waals surface area (Å²) in [6.45, 7) is 4.48. The highest BCUT2D eigenvalue weighted by atomic mass is 35.5. The maximum absolute atomic E-state index is 7.26. The van der Waals surface area contributed by atoms with Crippen LogP contribution in [0.1, 0.15) is 35.1 Å². The van der Waals surface area contributed by atoms with Gasteiger partial charge in [-0.1, -0.05) is 83.9 Å². The number of fused-ring (bicyclic) bond motifs is 2. The Bertz CT molecular complexity index is 1960. The highest BCUT2D eigenvalue weighted by molar-refractivity contribution is 6.44. The maximum atomic E-state index is 7.26. The lowest BCUT2D eigenvalue weighted by atomic mass is 9.83. The molecule has 0 aliphatic rings. The quantitative estimate of drug-likeness (QED) is 0.161. The Kier molecular flexibility index (Phi) is 8.11. The topological polar surface area (TPSA) is 53.5 Å². The average molecular weight is 610 g/mol. The van der Waals surface area contributed by atoms with Gasteiger partial charge in [-0.25, -0.2) is 9.97 Å². The second-order valence-corrected chi connectivity index (χ2v) is 11.0. The molecule has 6 rings (SSSR count). The van der Waals surface area contributed by atoms with Crippen LogP contribution < -0.4 is 14.2 Å². The average Bonchev–Trinajstić information content (AvgIpc) is 3.04. The van der Waals surface area contributed by atoms with Crippen LogP contribution in [0.4, 0.5) is 0 Å². The van der Waals surface area contributed by atoms with Crippen molar-refractivity contribution in [1.29, 1.82) is 0 Å². The van der Waals surface area contributed by atoms with Crippen molar-refractivity contribution >= 4 is 45.0 Å². The number of benzene rings is 4. The molecule has 0 aliphatic heterocycles. The fraction of sp³-hybridized carbons (Fsp3) is 0.167. The van der Waals surface area contributed by atoms with Gasteiger partial charge in [0, 0.05) is 27.8 Å². The van der Waals surface area contributed by atoms with Gasteiger partial charge in [0.25, 0.3) is 0 Å². The number of hydrogen-bond acceptors (Lipinski definition) is 5. The zero-order valence-electron chi connectivity index (χ0n) is 24.3. The van der Waals surface area contributed by atoms with Crippen LogP contribution in [0.25, 0.3) is 33.1 Å². The molecule has 0 spiro atoms. The molecule has 0 saturated heterocycles. The molecule has 1 atom stereocenters. The molecule has 0 fully saturated rings. The van der Waals surface area contributed by atoms with Gasteiger partial charge in [0.15, 0.2) is 11.5 Å². The van der Waals surface area contributed by atoms with Crippen molar-refractivity contribution in [2.75, 3.05) is 20.8 Å². The van der Waals surface area contributed by atoms with Gasteiger partial charge in [0.2, 0.25) is 5.88 Å². The van der Waals surface area contributed by atoms with Crippen molar-refractivity contribution in [3.05, 3.63) is 123 Å². The van der Waals surface area contributed by atoms with Crippen LogP contribution in [0.15, 0.2) is 91.0 Å². The predicted octanol–water partition coefficient (Wildman–Crippen LogP) is 9.66. The number of hydrogen-bond donors (Lipinski definition) is 0. The van der Waals surface area contributed by atoms with Crippen molar-refractivity contribution in [3.63, 3.8) is 0 Å². The molecular formula is C36H30Cl2N2O3. The fourth-order valence-electron chi connectivity index (χ4n) is 5.68. The minimum absolute atomic E-state index is 0.343. The van der Waals surface area contributed by atoms with Crippen LogP contribution in [0.2, 0.25) is 10.0 Å². The molecule has 216 valence electrons. The summed E-state index contributed by atoms with van der Waals surface area (Å²) >= 11 is 14.4. The minimum Gasteiger partial charge on any atom is -0.493 e. The highest BCUT2D eigenvalue weighted by Crippen LogP contribution is 2.49.